The Hall–Kier alpha value is -0.0800. The van der Waals surface area contributed by atoms with Crippen molar-refractivity contribution in [3.05, 3.63) is 0 Å². The van der Waals surface area contributed by atoms with Gasteiger partial charge in [0.25, 0.3) is 0 Å². The predicted octanol–water partition coefficient (Wildman–Crippen LogP) is 12.3. The SMILES string of the molecule is CC1CCCC(N(C2CCCC(C)C2)C2C3CCCCC3CC3C2CC2CCCCC2C3N(C2CCCC(C)C2)C2CCCCC2C)C1. The first-order chi connectivity index (χ1) is 23.5. The number of fused-ring (bicyclic) bond motifs is 3. The number of nitrogens with zero attached hydrogens (tertiary/aromatic N) is 2. The summed E-state index contributed by atoms with van der Waals surface area (Å²) < 4.78 is 0. The van der Waals surface area contributed by atoms with Crippen molar-refractivity contribution in [3.8, 4) is 0 Å². The largest absolute Gasteiger partial charge is 0.294 e. The first kappa shape index (κ1) is 35.0. The molecular formula is C46H80N2. The fourth-order valence-corrected chi connectivity index (χ4v) is 15.6. The highest BCUT2D eigenvalue weighted by atomic mass is 15.3. The summed E-state index contributed by atoms with van der Waals surface area (Å²) in [5.41, 5.74) is 0. The lowest BCUT2D eigenvalue weighted by molar-refractivity contribution is -0.158. The third-order valence-electron chi connectivity index (χ3n) is 17.5. The zero-order chi connectivity index (χ0) is 32.8. The quantitative estimate of drug-likeness (QED) is 0.280. The number of hydrogen-bond donors (Lipinski definition) is 0. The van der Waals surface area contributed by atoms with Gasteiger partial charge in [0.1, 0.15) is 0 Å². The van der Waals surface area contributed by atoms with Gasteiger partial charge in [-0.1, -0.05) is 118 Å². The van der Waals surface area contributed by atoms with Gasteiger partial charge in [0.2, 0.25) is 0 Å². The molecule has 0 aromatic heterocycles. The standard InChI is InChI=1S/C46H80N2/c1-31-14-11-20-37(26-31)47(38-21-12-15-32(2)27-38)45-40-23-8-6-18-35(40)30-43-42(45)29-36-19-7-9-24-41(36)46(43)48(39-22-13-16-33(3)28-39)44-25-10-5-17-34(44)4/h31-46H,5-30H2,1-4H3. The molecule has 16 unspecified atom stereocenters. The Balaban J connectivity index is 1.22. The van der Waals surface area contributed by atoms with E-state index in [2.05, 4.69) is 37.5 Å². The van der Waals surface area contributed by atoms with E-state index in [1.165, 1.54) is 128 Å². The Morgan fingerprint density at radius 2 is 0.750 bits per heavy atom. The van der Waals surface area contributed by atoms with E-state index in [4.69, 9.17) is 0 Å². The highest BCUT2D eigenvalue weighted by molar-refractivity contribution is 5.11. The molecule has 0 amide bonds. The molecule has 0 heterocycles. The van der Waals surface area contributed by atoms with Crippen LogP contribution in [0.2, 0.25) is 0 Å². The maximum absolute atomic E-state index is 3.50. The van der Waals surface area contributed by atoms with E-state index in [9.17, 15) is 0 Å². The van der Waals surface area contributed by atoms with Crippen LogP contribution in [0.3, 0.4) is 0 Å². The summed E-state index contributed by atoms with van der Waals surface area (Å²) in [5, 5.41) is 0. The van der Waals surface area contributed by atoms with Crippen molar-refractivity contribution in [3.63, 3.8) is 0 Å². The van der Waals surface area contributed by atoms with Crippen LogP contribution in [0.4, 0.5) is 0 Å². The molecule has 0 N–H and O–H groups in total. The van der Waals surface area contributed by atoms with Crippen LogP contribution in [0.25, 0.3) is 0 Å². The summed E-state index contributed by atoms with van der Waals surface area (Å²) in [7, 11) is 0. The van der Waals surface area contributed by atoms with Crippen molar-refractivity contribution >= 4 is 0 Å². The second-order valence-electron chi connectivity index (χ2n) is 20.7. The van der Waals surface area contributed by atoms with E-state index in [0.717, 1.165) is 95.4 Å². The summed E-state index contributed by atoms with van der Waals surface area (Å²) in [6, 6.07) is 5.32. The van der Waals surface area contributed by atoms with Crippen molar-refractivity contribution in [1.82, 2.24) is 9.80 Å². The zero-order valence-corrected chi connectivity index (χ0v) is 32.5. The van der Waals surface area contributed by atoms with Gasteiger partial charge in [-0.25, -0.2) is 0 Å². The maximum atomic E-state index is 3.50. The highest BCUT2D eigenvalue weighted by Gasteiger charge is 2.59. The van der Waals surface area contributed by atoms with Crippen molar-refractivity contribution in [2.24, 2.45) is 59.2 Å². The third kappa shape index (κ3) is 7.02. The second kappa shape index (κ2) is 15.5. The molecule has 2 nitrogen and oxygen atoms in total. The molecule has 8 rings (SSSR count). The first-order valence-corrected chi connectivity index (χ1v) is 23.0. The molecule has 0 radical (unpaired) electrons. The fraction of sp³-hybridized carbons (Fsp3) is 1.00. The van der Waals surface area contributed by atoms with Crippen molar-refractivity contribution in [2.75, 3.05) is 0 Å². The minimum atomic E-state index is 0.873. The Morgan fingerprint density at radius 3 is 1.23 bits per heavy atom. The van der Waals surface area contributed by atoms with Gasteiger partial charge >= 0.3 is 0 Å². The number of hydrogen-bond acceptors (Lipinski definition) is 2. The van der Waals surface area contributed by atoms with Crippen LogP contribution >= 0.6 is 0 Å². The second-order valence-corrected chi connectivity index (χ2v) is 20.7. The zero-order valence-electron chi connectivity index (χ0n) is 32.5. The molecular weight excluding hydrogens is 581 g/mol. The van der Waals surface area contributed by atoms with Gasteiger partial charge in [-0.3, -0.25) is 9.80 Å². The molecule has 0 saturated heterocycles. The molecule has 0 spiro atoms. The summed E-state index contributed by atoms with van der Waals surface area (Å²) >= 11 is 0. The summed E-state index contributed by atoms with van der Waals surface area (Å²) in [4.78, 5) is 6.98. The minimum Gasteiger partial charge on any atom is -0.294 e. The van der Waals surface area contributed by atoms with Gasteiger partial charge in [0, 0.05) is 36.3 Å². The monoisotopic (exact) mass is 661 g/mol. The molecule has 8 aliphatic rings. The molecule has 0 aliphatic heterocycles. The van der Waals surface area contributed by atoms with Crippen LogP contribution in [0.5, 0.6) is 0 Å². The van der Waals surface area contributed by atoms with Crippen LogP contribution < -0.4 is 0 Å². The molecule has 0 aromatic carbocycles. The van der Waals surface area contributed by atoms with E-state index in [1.54, 1.807) is 38.5 Å². The van der Waals surface area contributed by atoms with E-state index >= 15 is 0 Å². The Kier molecular flexibility index (Phi) is 11.3. The number of rotatable bonds is 6. The third-order valence-corrected chi connectivity index (χ3v) is 17.5. The van der Waals surface area contributed by atoms with Gasteiger partial charge in [-0.2, -0.15) is 0 Å². The summed E-state index contributed by atoms with van der Waals surface area (Å²) in [5.74, 6) is 9.72. The molecule has 0 bridgehead atoms. The van der Waals surface area contributed by atoms with Gasteiger partial charge in [0.05, 0.1) is 0 Å². The van der Waals surface area contributed by atoms with Gasteiger partial charge < -0.3 is 0 Å². The molecule has 2 heteroatoms. The summed E-state index contributed by atoms with van der Waals surface area (Å²) in [6.07, 6.45) is 39.7. The molecule has 48 heavy (non-hydrogen) atoms. The van der Waals surface area contributed by atoms with Crippen LogP contribution in [-0.2, 0) is 0 Å². The molecule has 274 valence electrons. The molecule has 8 saturated carbocycles. The van der Waals surface area contributed by atoms with Crippen LogP contribution in [-0.4, -0.2) is 46.1 Å². The first-order valence-electron chi connectivity index (χ1n) is 23.0. The molecule has 8 aliphatic carbocycles. The van der Waals surface area contributed by atoms with E-state index in [-0.39, 0.29) is 0 Å². The predicted molar refractivity (Wildman–Crippen MR) is 204 cm³/mol. The van der Waals surface area contributed by atoms with Crippen molar-refractivity contribution < 1.29 is 0 Å². The Labute approximate surface area is 299 Å². The van der Waals surface area contributed by atoms with Crippen LogP contribution in [0.15, 0.2) is 0 Å². The minimum absolute atomic E-state index is 0.873. The molecule has 0 aromatic rings. The van der Waals surface area contributed by atoms with Gasteiger partial charge in [0.15, 0.2) is 0 Å². The smallest absolute Gasteiger partial charge is 0.0164 e. The van der Waals surface area contributed by atoms with Gasteiger partial charge in [-0.15, -0.1) is 0 Å². The Bertz CT molecular complexity index is 1000. The van der Waals surface area contributed by atoms with Crippen LogP contribution in [0.1, 0.15) is 195 Å². The van der Waals surface area contributed by atoms with Crippen molar-refractivity contribution in [2.45, 2.75) is 231 Å². The average Bonchev–Trinajstić information content (AvgIpc) is 3.09. The molecule has 8 fully saturated rings. The maximum Gasteiger partial charge on any atom is 0.0164 e. The topological polar surface area (TPSA) is 6.48 Å². The van der Waals surface area contributed by atoms with Crippen molar-refractivity contribution in [1.29, 1.82) is 0 Å². The molecule has 16 atom stereocenters. The fourth-order valence-electron chi connectivity index (χ4n) is 15.6. The lowest BCUT2D eigenvalue weighted by Crippen LogP contribution is -2.68. The van der Waals surface area contributed by atoms with E-state index < -0.39 is 0 Å². The van der Waals surface area contributed by atoms with E-state index in [1.807, 2.05) is 0 Å². The Morgan fingerprint density at radius 1 is 0.333 bits per heavy atom. The van der Waals surface area contributed by atoms with E-state index in [0.29, 0.717) is 0 Å². The van der Waals surface area contributed by atoms with Crippen LogP contribution in [0, 0.1) is 59.2 Å². The highest BCUT2D eigenvalue weighted by Crippen LogP contribution is 2.60. The van der Waals surface area contributed by atoms with Gasteiger partial charge in [-0.05, 0) is 136 Å². The average molecular weight is 661 g/mol. The lowest BCUT2D eigenvalue weighted by atomic mass is 9.50. The lowest BCUT2D eigenvalue weighted by Gasteiger charge is -2.65. The summed E-state index contributed by atoms with van der Waals surface area (Å²) in [6.45, 7) is 10.6. The normalized spacial score (nSPS) is 50.4.